The minimum absolute atomic E-state index is 0.250. The summed E-state index contributed by atoms with van der Waals surface area (Å²) in [6.07, 6.45) is 6.84. The normalized spacial score (nSPS) is 30.8. The van der Waals surface area contributed by atoms with Gasteiger partial charge in [-0.3, -0.25) is 0 Å². The molecule has 1 aliphatic carbocycles. The minimum atomic E-state index is 0.250. The molecule has 0 aromatic carbocycles. The van der Waals surface area contributed by atoms with Gasteiger partial charge in [-0.25, -0.2) is 0 Å². The van der Waals surface area contributed by atoms with E-state index in [9.17, 15) is 0 Å². The van der Waals surface area contributed by atoms with Gasteiger partial charge in [0.1, 0.15) is 0 Å². The molecule has 0 nitrogen and oxygen atoms in total. The Morgan fingerprint density at radius 1 is 1.36 bits per heavy atom. The van der Waals surface area contributed by atoms with Gasteiger partial charge in [0.2, 0.25) is 0 Å². The lowest BCUT2D eigenvalue weighted by molar-refractivity contribution is 0.517. The smallest absolute Gasteiger partial charge is 0.0561 e. The molecule has 0 bridgehead atoms. The van der Waals surface area contributed by atoms with E-state index in [1.165, 1.54) is 5.57 Å². The van der Waals surface area contributed by atoms with Gasteiger partial charge in [-0.15, -0.1) is 0 Å². The minimum Gasteiger partial charge on any atom is -0.0700 e. The first-order valence-corrected chi connectivity index (χ1v) is 5.01. The highest BCUT2D eigenvalue weighted by Crippen LogP contribution is 2.37. The quantitative estimate of drug-likeness (QED) is 0.461. The standard InChI is InChI=1S/C10H15I/c1-9(2,3)8-5-6-10(4,11)7-8/h5-7H,1-4H3. The Labute approximate surface area is 82.9 Å². The largest absolute Gasteiger partial charge is 0.0700 e. The van der Waals surface area contributed by atoms with E-state index in [1.807, 2.05) is 0 Å². The van der Waals surface area contributed by atoms with Gasteiger partial charge in [0.15, 0.2) is 0 Å². The highest BCUT2D eigenvalue weighted by Gasteiger charge is 2.24. The SMILES string of the molecule is CC1(I)C=CC(C(C)(C)C)=C1. The van der Waals surface area contributed by atoms with Gasteiger partial charge in [0, 0.05) is 0 Å². The highest BCUT2D eigenvalue weighted by atomic mass is 127. The number of hydrogen-bond donors (Lipinski definition) is 0. The molecule has 0 amide bonds. The van der Waals surface area contributed by atoms with Crippen molar-refractivity contribution < 1.29 is 0 Å². The summed E-state index contributed by atoms with van der Waals surface area (Å²) >= 11 is 2.46. The average molecular weight is 262 g/mol. The number of allylic oxidation sites excluding steroid dienone is 4. The molecule has 1 atom stereocenters. The molecule has 0 saturated carbocycles. The van der Waals surface area contributed by atoms with E-state index in [0.29, 0.717) is 5.41 Å². The van der Waals surface area contributed by atoms with Crippen LogP contribution in [0.5, 0.6) is 0 Å². The van der Waals surface area contributed by atoms with Crippen molar-refractivity contribution in [2.45, 2.75) is 31.1 Å². The monoisotopic (exact) mass is 262 g/mol. The zero-order valence-electron chi connectivity index (χ0n) is 7.61. The molecule has 0 saturated heterocycles. The Morgan fingerprint density at radius 2 is 1.91 bits per heavy atom. The van der Waals surface area contributed by atoms with Crippen LogP contribution in [0, 0.1) is 5.41 Å². The number of alkyl halides is 1. The summed E-state index contributed by atoms with van der Waals surface area (Å²) in [5.74, 6) is 0. The van der Waals surface area contributed by atoms with Crippen molar-refractivity contribution >= 4 is 22.6 Å². The maximum absolute atomic E-state index is 2.46. The van der Waals surface area contributed by atoms with Gasteiger partial charge in [-0.05, 0) is 17.9 Å². The van der Waals surface area contributed by atoms with Crippen LogP contribution in [0.1, 0.15) is 27.7 Å². The van der Waals surface area contributed by atoms with Crippen molar-refractivity contribution in [1.29, 1.82) is 0 Å². The predicted octanol–water partition coefficient (Wildman–Crippen LogP) is 3.72. The summed E-state index contributed by atoms with van der Waals surface area (Å²) in [4.78, 5) is 0. The molecule has 1 heteroatoms. The molecule has 1 aliphatic rings. The molecule has 0 heterocycles. The summed E-state index contributed by atoms with van der Waals surface area (Å²) in [7, 11) is 0. The first kappa shape index (κ1) is 9.30. The fourth-order valence-electron chi connectivity index (χ4n) is 1.12. The Bertz CT molecular complexity index is 214. The summed E-state index contributed by atoms with van der Waals surface area (Å²) in [5.41, 5.74) is 1.76. The van der Waals surface area contributed by atoms with Crippen molar-refractivity contribution in [2.24, 2.45) is 5.41 Å². The maximum atomic E-state index is 2.46. The third-order valence-corrected chi connectivity index (χ3v) is 2.56. The summed E-state index contributed by atoms with van der Waals surface area (Å²) in [6, 6.07) is 0. The van der Waals surface area contributed by atoms with Gasteiger partial charge >= 0.3 is 0 Å². The zero-order valence-corrected chi connectivity index (χ0v) is 9.77. The van der Waals surface area contributed by atoms with Gasteiger partial charge in [0.25, 0.3) is 0 Å². The molecule has 0 spiro atoms. The van der Waals surface area contributed by atoms with E-state index in [0.717, 1.165) is 0 Å². The van der Waals surface area contributed by atoms with E-state index in [2.05, 4.69) is 68.5 Å². The summed E-state index contributed by atoms with van der Waals surface area (Å²) < 4.78 is 0.250. The lowest BCUT2D eigenvalue weighted by Gasteiger charge is -2.19. The average Bonchev–Trinajstić information content (AvgIpc) is 2.07. The fraction of sp³-hybridized carbons (Fsp3) is 0.600. The Balaban J connectivity index is 2.89. The lowest BCUT2D eigenvalue weighted by Crippen LogP contribution is -2.08. The van der Waals surface area contributed by atoms with E-state index in [1.54, 1.807) is 0 Å². The predicted molar refractivity (Wildman–Crippen MR) is 59.1 cm³/mol. The molecule has 62 valence electrons. The van der Waals surface area contributed by atoms with Crippen LogP contribution in [-0.4, -0.2) is 3.42 Å². The maximum Gasteiger partial charge on any atom is 0.0561 e. The van der Waals surface area contributed by atoms with Crippen molar-refractivity contribution in [2.75, 3.05) is 0 Å². The lowest BCUT2D eigenvalue weighted by atomic mass is 9.87. The third kappa shape index (κ3) is 2.32. The van der Waals surface area contributed by atoms with Crippen molar-refractivity contribution in [3.8, 4) is 0 Å². The molecule has 0 aromatic rings. The molecule has 11 heavy (non-hydrogen) atoms. The zero-order chi connectivity index (χ0) is 8.70. The van der Waals surface area contributed by atoms with Crippen LogP contribution in [0.4, 0.5) is 0 Å². The van der Waals surface area contributed by atoms with Crippen molar-refractivity contribution in [3.05, 3.63) is 23.8 Å². The van der Waals surface area contributed by atoms with E-state index in [4.69, 9.17) is 0 Å². The molecule has 0 aliphatic heterocycles. The Kier molecular flexibility index (Phi) is 2.21. The van der Waals surface area contributed by atoms with Gasteiger partial charge in [-0.2, -0.15) is 0 Å². The first-order chi connectivity index (χ1) is 4.81. The van der Waals surface area contributed by atoms with E-state index >= 15 is 0 Å². The molecular formula is C10H15I. The molecule has 1 unspecified atom stereocenters. The second kappa shape index (κ2) is 2.61. The van der Waals surface area contributed by atoms with Crippen LogP contribution in [-0.2, 0) is 0 Å². The second-order valence-corrected chi connectivity index (χ2v) is 6.66. The Hall–Kier alpha value is 0.210. The van der Waals surface area contributed by atoms with Crippen LogP contribution in [0.15, 0.2) is 23.8 Å². The molecule has 0 aromatic heterocycles. The summed E-state index contributed by atoms with van der Waals surface area (Å²) in [6.45, 7) is 8.98. The fourth-order valence-corrected chi connectivity index (χ4v) is 1.63. The van der Waals surface area contributed by atoms with Gasteiger partial charge < -0.3 is 0 Å². The second-order valence-electron chi connectivity index (χ2n) is 4.33. The van der Waals surface area contributed by atoms with Crippen LogP contribution in [0.2, 0.25) is 0 Å². The van der Waals surface area contributed by atoms with E-state index < -0.39 is 0 Å². The van der Waals surface area contributed by atoms with Crippen LogP contribution >= 0.6 is 22.6 Å². The number of halogens is 1. The number of hydrogen-bond acceptors (Lipinski definition) is 0. The van der Waals surface area contributed by atoms with Crippen LogP contribution < -0.4 is 0 Å². The number of rotatable bonds is 0. The van der Waals surface area contributed by atoms with Crippen LogP contribution in [0.25, 0.3) is 0 Å². The van der Waals surface area contributed by atoms with Crippen molar-refractivity contribution in [1.82, 2.24) is 0 Å². The van der Waals surface area contributed by atoms with Crippen molar-refractivity contribution in [3.63, 3.8) is 0 Å². The van der Waals surface area contributed by atoms with E-state index in [-0.39, 0.29) is 3.42 Å². The third-order valence-electron chi connectivity index (χ3n) is 1.89. The Morgan fingerprint density at radius 3 is 2.09 bits per heavy atom. The molecule has 0 fully saturated rings. The highest BCUT2D eigenvalue weighted by molar-refractivity contribution is 14.1. The topological polar surface area (TPSA) is 0 Å². The summed E-state index contributed by atoms with van der Waals surface area (Å²) in [5, 5.41) is 0. The van der Waals surface area contributed by atoms with Crippen LogP contribution in [0.3, 0.4) is 0 Å². The van der Waals surface area contributed by atoms with Gasteiger partial charge in [0.05, 0.1) is 3.42 Å². The molecule has 0 N–H and O–H groups in total. The molecule has 1 rings (SSSR count). The molecule has 0 radical (unpaired) electrons. The first-order valence-electron chi connectivity index (χ1n) is 3.93. The molecular weight excluding hydrogens is 247 g/mol. The van der Waals surface area contributed by atoms with Gasteiger partial charge in [-0.1, -0.05) is 61.6 Å².